The first-order valence-corrected chi connectivity index (χ1v) is 8.53. The van der Waals surface area contributed by atoms with Gasteiger partial charge in [0.15, 0.2) is 0 Å². The van der Waals surface area contributed by atoms with Gasteiger partial charge in [-0.15, -0.1) is 11.3 Å². The lowest BCUT2D eigenvalue weighted by Crippen LogP contribution is -2.27. The predicted molar refractivity (Wildman–Crippen MR) is 65.4 cm³/mol. The molecule has 1 aromatic rings. The molecule has 0 aliphatic rings. The van der Waals surface area contributed by atoms with Crippen LogP contribution in [0.2, 0.25) is 0 Å². The summed E-state index contributed by atoms with van der Waals surface area (Å²) in [4.78, 5) is 10.6. The van der Waals surface area contributed by atoms with Crippen LogP contribution in [0.5, 0.6) is 0 Å². The first-order chi connectivity index (χ1) is 7.83. The van der Waals surface area contributed by atoms with Gasteiger partial charge in [0.1, 0.15) is 4.21 Å². The molecule has 0 spiro atoms. The van der Waals surface area contributed by atoms with Crippen molar-refractivity contribution in [2.45, 2.75) is 4.21 Å². The number of carboxylic acid groups (broad SMARTS) is 1. The van der Waals surface area contributed by atoms with Crippen molar-refractivity contribution in [1.29, 1.82) is 0 Å². The van der Waals surface area contributed by atoms with Crippen LogP contribution in [-0.2, 0) is 20.8 Å². The summed E-state index contributed by atoms with van der Waals surface area (Å²) in [5.41, 5.74) is -0.0607. The maximum absolute atomic E-state index is 11.7. The van der Waals surface area contributed by atoms with Crippen LogP contribution in [0.4, 0.5) is 0 Å². The Bertz CT molecular complexity index is 533. The number of nitrogens with one attached hydrogen (secondary N) is 1. The minimum absolute atomic E-state index is 0.0585. The van der Waals surface area contributed by atoms with E-state index in [4.69, 9.17) is 5.11 Å². The lowest BCUT2D eigenvalue weighted by atomic mass is 10.4. The van der Waals surface area contributed by atoms with E-state index in [1.165, 1.54) is 11.6 Å². The molecule has 96 valence electrons. The van der Waals surface area contributed by atoms with Crippen LogP contribution in [0.1, 0.15) is 10.4 Å². The van der Waals surface area contributed by atoms with E-state index in [-0.39, 0.29) is 22.1 Å². The summed E-state index contributed by atoms with van der Waals surface area (Å²) in [6.07, 6.45) is 1.47. The van der Waals surface area contributed by atoms with Gasteiger partial charge in [0.25, 0.3) is 0 Å². The van der Waals surface area contributed by atoms with Crippen LogP contribution < -0.4 is 4.72 Å². The second-order valence-electron chi connectivity index (χ2n) is 3.13. The molecule has 17 heavy (non-hydrogen) atoms. The lowest BCUT2D eigenvalue weighted by Gasteiger charge is -2.02. The lowest BCUT2D eigenvalue weighted by molar-refractivity contribution is 0.0697. The summed E-state index contributed by atoms with van der Waals surface area (Å²) in [6, 6.07) is 1.10. The Labute approximate surface area is 105 Å². The van der Waals surface area contributed by atoms with Gasteiger partial charge in [-0.2, -0.15) is 0 Å². The van der Waals surface area contributed by atoms with E-state index < -0.39 is 26.8 Å². The molecule has 0 bridgehead atoms. The SMILES string of the molecule is CS(=O)CCNS(=O)(=O)c1cc(C(=O)O)cs1. The minimum atomic E-state index is -3.70. The zero-order valence-electron chi connectivity index (χ0n) is 8.87. The maximum Gasteiger partial charge on any atom is 0.336 e. The number of carbonyl (C=O) groups is 1. The largest absolute Gasteiger partial charge is 0.478 e. The second-order valence-corrected chi connectivity index (χ2v) is 7.59. The molecular formula is C8H11NO5S3. The standard InChI is InChI=1S/C8H11NO5S3/c1-16(12)3-2-9-17(13,14)7-4-6(5-15-7)8(10)11/h4-5,9H,2-3H2,1H3,(H,10,11). The van der Waals surface area contributed by atoms with Crippen molar-refractivity contribution in [1.82, 2.24) is 4.72 Å². The van der Waals surface area contributed by atoms with Crippen molar-refractivity contribution in [3.05, 3.63) is 17.0 Å². The summed E-state index contributed by atoms with van der Waals surface area (Å²) in [5, 5.41) is 9.92. The van der Waals surface area contributed by atoms with Crippen molar-refractivity contribution in [2.24, 2.45) is 0 Å². The third kappa shape index (κ3) is 4.19. The molecule has 0 aliphatic carbocycles. The first-order valence-electron chi connectivity index (χ1n) is 4.44. The molecule has 1 rings (SSSR count). The van der Waals surface area contributed by atoms with Crippen molar-refractivity contribution in [3.8, 4) is 0 Å². The molecule has 0 amide bonds. The Morgan fingerprint density at radius 1 is 1.59 bits per heavy atom. The van der Waals surface area contributed by atoms with Gasteiger partial charge in [-0.05, 0) is 6.07 Å². The van der Waals surface area contributed by atoms with Gasteiger partial charge >= 0.3 is 5.97 Å². The number of sulfonamides is 1. The van der Waals surface area contributed by atoms with Gasteiger partial charge in [0, 0.05) is 34.7 Å². The normalized spacial score (nSPS) is 13.5. The predicted octanol–water partition coefficient (Wildman–Crippen LogP) is 0.103. The summed E-state index contributed by atoms with van der Waals surface area (Å²) >= 11 is 0.836. The number of hydrogen-bond donors (Lipinski definition) is 2. The van der Waals surface area contributed by atoms with E-state index in [9.17, 15) is 17.4 Å². The molecule has 0 aliphatic heterocycles. The van der Waals surface area contributed by atoms with Crippen LogP contribution in [-0.4, -0.2) is 42.3 Å². The summed E-state index contributed by atoms with van der Waals surface area (Å²) in [5.74, 6) is -0.950. The molecule has 1 unspecified atom stereocenters. The molecule has 0 fully saturated rings. The quantitative estimate of drug-likeness (QED) is 0.776. The van der Waals surface area contributed by atoms with Crippen molar-refractivity contribution in [3.63, 3.8) is 0 Å². The highest BCUT2D eigenvalue weighted by atomic mass is 32.2. The highest BCUT2D eigenvalue weighted by molar-refractivity contribution is 7.91. The average Bonchev–Trinajstić information content (AvgIpc) is 2.65. The zero-order valence-corrected chi connectivity index (χ0v) is 11.3. The first kappa shape index (κ1) is 14.3. The zero-order chi connectivity index (χ0) is 13.1. The fraction of sp³-hybridized carbons (Fsp3) is 0.375. The Balaban J connectivity index is 2.75. The van der Waals surface area contributed by atoms with E-state index >= 15 is 0 Å². The Kier molecular flexibility index (Phi) is 4.80. The van der Waals surface area contributed by atoms with Gasteiger partial charge in [-0.1, -0.05) is 0 Å². The number of thiophene rings is 1. The molecule has 1 aromatic heterocycles. The topological polar surface area (TPSA) is 101 Å². The molecule has 0 saturated carbocycles. The molecule has 9 heteroatoms. The molecule has 0 aromatic carbocycles. The molecule has 0 saturated heterocycles. The van der Waals surface area contributed by atoms with E-state index in [1.54, 1.807) is 0 Å². The fourth-order valence-electron chi connectivity index (χ4n) is 0.961. The molecule has 6 nitrogen and oxygen atoms in total. The van der Waals surface area contributed by atoms with Crippen LogP contribution in [0.25, 0.3) is 0 Å². The van der Waals surface area contributed by atoms with Crippen LogP contribution in [0.15, 0.2) is 15.7 Å². The van der Waals surface area contributed by atoms with E-state index in [1.807, 2.05) is 0 Å². The number of carboxylic acids is 1. The smallest absolute Gasteiger partial charge is 0.336 e. The molecular weight excluding hydrogens is 286 g/mol. The third-order valence-corrected chi connectivity index (χ3v) is 5.45. The molecule has 1 heterocycles. The van der Waals surface area contributed by atoms with Crippen LogP contribution in [0, 0.1) is 0 Å². The fourth-order valence-corrected chi connectivity index (χ4v) is 3.71. The summed E-state index contributed by atoms with van der Waals surface area (Å²) in [7, 11) is -4.77. The molecule has 1 atom stereocenters. The molecule has 0 radical (unpaired) electrons. The highest BCUT2D eigenvalue weighted by Gasteiger charge is 2.18. The van der Waals surface area contributed by atoms with Crippen LogP contribution in [0.3, 0.4) is 0 Å². The van der Waals surface area contributed by atoms with Crippen molar-refractivity contribution in [2.75, 3.05) is 18.6 Å². The maximum atomic E-state index is 11.7. The number of rotatable bonds is 6. The monoisotopic (exact) mass is 297 g/mol. The number of hydrogen-bond acceptors (Lipinski definition) is 5. The van der Waals surface area contributed by atoms with Gasteiger partial charge in [0.05, 0.1) is 5.56 Å². The Morgan fingerprint density at radius 3 is 2.71 bits per heavy atom. The third-order valence-electron chi connectivity index (χ3n) is 1.77. The average molecular weight is 297 g/mol. The van der Waals surface area contributed by atoms with Gasteiger partial charge in [0.2, 0.25) is 10.0 Å². The van der Waals surface area contributed by atoms with E-state index in [2.05, 4.69) is 4.72 Å². The van der Waals surface area contributed by atoms with Crippen molar-refractivity contribution >= 4 is 38.1 Å². The summed E-state index contributed by atoms with van der Waals surface area (Å²) < 4.78 is 36.3. The van der Waals surface area contributed by atoms with Gasteiger partial charge in [-0.25, -0.2) is 17.9 Å². The van der Waals surface area contributed by atoms with E-state index in [0.29, 0.717) is 0 Å². The minimum Gasteiger partial charge on any atom is -0.478 e. The molecule has 2 N–H and O–H groups in total. The second kappa shape index (κ2) is 5.71. The number of aromatic carboxylic acids is 1. The van der Waals surface area contributed by atoms with Gasteiger partial charge < -0.3 is 5.11 Å². The van der Waals surface area contributed by atoms with Gasteiger partial charge in [-0.3, -0.25) is 4.21 Å². The summed E-state index contributed by atoms with van der Waals surface area (Å²) in [6.45, 7) is 0.0613. The van der Waals surface area contributed by atoms with E-state index in [0.717, 1.165) is 17.4 Å². The Morgan fingerprint density at radius 2 is 2.24 bits per heavy atom. The highest BCUT2D eigenvalue weighted by Crippen LogP contribution is 2.19. The van der Waals surface area contributed by atoms with Crippen LogP contribution >= 0.6 is 11.3 Å². The van der Waals surface area contributed by atoms with Crippen molar-refractivity contribution < 1.29 is 22.5 Å². The Hall–Kier alpha value is -0.770.